The van der Waals surface area contributed by atoms with Crippen LogP contribution < -0.4 is 10.5 Å². The van der Waals surface area contributed by atoms with E-state index in [0.29, 0.717) is 17.1 Å². The Hall–Kier alpha value is -2.15. The maximum atomic E-state index is 12.1. The van der Waals surface area contributed by atoms with Crippen LogP contribution >= 0.6 is 0 Å². The van der Waals surface area contributed by atoms with Gasteiger partial charge in [-0.25, -0.2) is 18.4 Å². The number of hydrogen-bond donors (Lipinski definition) is 2. The van der Waals surface area contributed by atoms with Crippen molar-refractivity contribution in [3.05, 3.63) is 42.5 Å². The standard InChI is InChI=1S/C11H12N4O2S/c1-8-11(6-13-7-14-8)15-18(16,17)10-4-2-9(12)3-5-10/h2-7,15H,12H2,1H3. The van der Waals surface area contributed by atoms with Gasteiger partial charge in [0.25, 0.3) is 10.0 Å². The molecule has 3 N–H and O–H groups in total. The summed E-state index contributed by atoms with van der Waals surface area (Å²) in [4.78, 5) is 7.83. The zero-order chi connectivity index (χ0) is 13.2. The van der Waals surface area contributed by atoms with Crippen LogP contribution in [0.3, 0.4) is 0 Å². The molecule has 1 aromatic heterocycles. The molecule has 0 atom stereocenters. The first-order valence-electron chi connectivity index (χ1n) is 5.14. The van der Waals surface area contributed by atoms with E-state index in [1.165, 1.54) is 36.8 Å². The lowest BCUT2D eigenvalue weighted by atomic mass is 10.3. The third-order valence-electron chi connectivity index (χ3n) is 2.35. The third kappa shape index (κ3) is 2.57. The molecular weight excluding hydrogens is 252 g/mol. The molecule has 7 heteroatoms. The molecule has 2 rings (SSSR count). The fourth-order valence-electron chi connectivity index (χ4n) is 1.34. The SMILES string of the molecule is Cc1ncncc1NS(=O)(=O)c1ccc(N)cc1. The number of nitrogens with two attached hydrogens (primary N) is 1. The number of nitrogens with zero attached hydrogens (tertiary/aromatic N) is 2. The minimum absolute atomic E-state index is 0.139. The fourth-order valence-corrected chi connectivity index (χ4v) is 2.44. The van der Waals surface area contributed by atoms with Gasteiger partial charge in [0, 0.05) is 5.69 Å². The van der Waals surface area contributed by atoms with Gasteiger partial charge in [0.2, 0.25) is 0 Å². The summed E-state index contributed by atoms with van der Waals surface area (Å²) >= 11 is 0. The van der Waals surface area contributed by atoms with Crippen LogP contribution in [0.25, 0.3) is 0 Å². The van der Waals surface area contributed by atoms with E-state index in [2.05, 4.69) is 14.7 Å². The number of hydrogen-bond acceptors (Lipinski definition) is 5. The predicted octanol–water partition coefficient (Wildman–Crippen LogP) is 1.17. The highest BCUT2D eigenvalue weighted by atomic mass is 32.2. The normalized spacial score (nSPS) is 11.2. The lowest BCUT2D eigenvalue weighted by molar-refractivity contribution is 0.601. The lowest BCUT2D eigenvalue weighted by Crippen LogP contribution is -2.14. The molecule has 1 aromatic carbocycles. The summed E-state index contributed by atoms with van der Waals surface area (Å²) in [5.41, 5.74) is 6.93. The van der Waals surface area contributed by atoms with Gasteiger partial charge in [-0.15, -0.1) is 0 Å². The van der Waals surface area contributed by atoms with Crippen molar-refractivity contribution in [3.63, 3.8) is 0 Å². The highest BCUT2D eigenvalue weighted by molar-refractivity contribution is 7.92. The van der Waals surface area contributed by atoms with Gasteiger partial charge in [-0.1, -0.05) is 0 Å². The van der Waals surface area contributed by atoms with Gasteiger partial charge in [0.15, 0.2) is 0 Å². The van der Waals surface area contributed by atoms with Gasteiger partial charge >= 0.3 is 0 Å². The van der Waals surface area contributed by atoms with E-state index in [1.54, 1.807) is 6.92 Å². The molecule has 18 heavy (non-hydrogen) atoms. The predicted molar refractivity (Wildman–Crippen MR) is 68.4 cm³/mol. The van der Waals surface area contributed by atoms with Crippen molar-refractivity contribution in [2.75, 3.05) is 10.5 Å². The van der Waals surface area contributed by atoms with Crippen LogP contribution in [0.1, 0.15) is 5.69 Å². The van der Waals surface area contributed by atoms with E-state index in [0.717, 1.165) is 0 Å². The summed E-state index contributed by atoms with van der Waals surface area (Å²) in [5.74, 6) is 0. The molecule has 0 amide bonds. The zero-order valence-corrected chi connectivity index (χ0v) is 10.5. The molecule has 2 aromatic rings. The van der Waals surface area contributed by atoms with Crippen molar-refractivity contribution in [1.29, 1.82) is 0 Å². The number of sulfonamides is 1. The first-order valence-corrected chi connectivity index (χ1v) is 6.62. The third-order valence-corrected chi connectivity index (χ3v) is 3.73. The highest BCUT2D eigenvalue weighted by Gasteiger charge is 2.15. The molecule has 0 aliphatic heterocycles. The van der Waals surface area contributed by atoms with Gasteiger partial charge in [0.05, 0.1) is 22.5 Å². The van der Waals surface area contributed by atoms with Crippen molar-refractivity contribution >= 4 is 21.4 Å². The molecule has 0 bridgehead atoms. The van der Waals surface area contributed by atoms with Crippen molar-refractivity contribution < 1.29 is 8.42 Å². The van der Waals surface area contributed by atoms with Crippen LogP contribution in [0, 0.1) is 6.92 Å². The van der Waals surface area contributed by atoms with Crippen molar-refractivity contribution in [3.8, 4) is 0 Å². The summed E-state index contributed by atoms with van der Waals surface area (Å²) in [6, 6.07) is 5.94. The molecule has 1 heterocycles. The van der Waals surface area contributed by atoms with Crippen LogP contribution in [0.4, 0.5) is 11.4 Å². The maximum absolute atomic E-state index is 12.1. The minimum Gasteiger partial charge on any atom is -0.399 e. The molecule has 0 aliphatic rings. The number of nitrogen functional groups attached to an aromatic ring is 1. The number of rotatable bonds is 3. The van der Waals surface area contributed by atoms with E-state index in [-0.39, 0.29) is 4.90 Å². The maximum Gasteiger partial charge on any atom is 0.262 e. The Morgan fingerprint density at radius 1 is 1.22 bits per heavy atom. The van der Waals surface area contributed by atoms with E-state index in [9.17, 15) is 8.42 Å². The molecule has 0 unspecified atom stereocenters. The Morgan fingerprint density at radius 2 is 1.89 bits per heavy atom. The topological polar surface area (TPSA) is 98.0 Å². The molecule has 0 radical (unpaired) electrons. The monoisotopic (exact) mass is 264 g/mol. The van der Waals surface area contributed by atoms with E-state index in [4.69, 9.17) is 5.73 Å². The average Bonchev–Trinajstić information content (AvgIpc) is 2.32. The molecule has 0 saturated carbocycles. The number of aryl methyl sites for hydroxylation is 1. The first-order chi connectivity index (χ1) is 8.49. The van der Waals surface area contributed by atoms with Gasteiger partial charge in [0.1, 0.15) is 6.33 Å². The van der Waals surface area contributed by atoms with Crippen LogP contribution in [-0.2, 0) is 10.0 Å². The Labute approximate surface area is 105 Å². The van der Waals surface area contributed by atoms with Gasteiger partial charge in [-0.05, 0) is 31.2 Å². The highest BCUT2D eigenvalue weighted by Crippen LogP contribution is 2.17. The number of aromatic nitrogens is 2. The Morgan fingerprint density at radius 3 is 2.50 bits per heavy atom. The van der Waals surface area contributed by atoms with Gasteiger partial charge in [-0.3, -0.25) is 4.72 Å². The minimum atomic E-state index is -3.64. The molecule has 0 fully saturated rings. The average molecular weight is 264 g/mol. The molecular formula is C11H12N4O2S. The van der Waals surface area contributed by atoms with E-state index >= 15 is 0 Å². The van der Waals surface area contributed by atoms with Crippen molar-refractivity contribution in [2.45, 2.75) is 11.8 Å². The van der Waals surface area contributed by atoms with Crippen molar-refractivity contribution in [2.24, 2.45) is 0 Å². The summed E-state index contributed by atoms with van der Waals surface area (Å²) in [6.07, 6.45) is 2.77. The van der Waals surface area contributed by atoms with Gasteiger partial charge in [-0.2, -0.15) is 0 Å². The number of benzene rings is 1. The Bertz CT molecular complexity index is 653. The summed E-state index contributed by atoms with van der Waals surface area (Å²) in [6.45, 7) is 1.70. The largest absolute Gasteiger partial charge is 0.399 e. The molecule has 0 aliphatic carbocycles. The smallest absolute Gasteiger partial charge is 0.262 e. The first kappa shape index (κ1) is 12.3. The lowest BCUT2D eigenvalue weighted by Gasteiger charge is -2.09. The second-order valence-electron chi connectivity index (χ2n) is 3.70. The number of nitrogens with one attached hydrogen (secondary N) is 1. The molecule has 0 spiro atoms. The molecule has 6 nitrogen and oxygen atoms in total. The van der Waals surface area contributed by atoms with Crippen LogP contribution in [0.5, 0.6) is 0 Å². The van der Waals surface area contributed by atoms with E-state index < -0.39 is 10.0 Å². The Kier molecular flexibility index (Phi) is 3.15. The second-order valence-corrected chi connectivity index (χ2v) is 5.38. The van der Waals surface area contributed by atoms with Crippen LogP contribution in [0.15, 0.2) is 41.7 Å². The molecule has 0 saturated heterocycles. The van der Waals surface area contributed by atoms with Crippen LogP contribution in [0.2, 0.25) is 0 Å². The fraction of sp³-hybridized carbons (Fsp3) is 0.0909. The second kappa shape index (κ2) is 4.61. The van der Waals surface area contributed by atoms with Gasteiger partial charge < -0.3 is 5.73 Å². The zero-order valence-electron chi connectivity index (χ0n) is 9.66. The van der Waals surface area contributed by atoms with Crippen molar-refractivity contribution in [1.82, 2.24) is 9.97 Å². The van der Waals surface area contributed by atoms with E-state index in [1.807, 2.05) is 0 Å². The quantitative estimate of drug-likeness (QED) is 0.811. The van der Waals surface area contributed by atoms with Crippen LogP contribution in [-0.4, -0.2) is 18.4 Å². The number of anilines is 2. The summed E-state index contributed by atoms with van der Waals surface area (Å²) < 4.78 is 26.5. The molecule has 94 valence electrons. The summed E-state index contributed by atoms with van der Waals surface area (Å²) in [5, 5.41) is 0. The summed E-state index contributed by atoms with van der Waals surface area (Å²) in [7, 11) is -3.64. The Balaban J connectivity index is 2.33.